The van der Waals surface area contributed by atoms with Gasteiger partial charge >= 0.3 is 11.9 Å². The van der Waals surface area contributed by atoms with E-state index < -0.39 is 18.0 Å². The highest BCUT2D eigenvalue weighted by atomic mass is 16.6. The Bertz CT molecular complexity index is 722. The van der Waals surface area contributed by atoms with Gasteiger partial charge in [0.25, 0.3) is 0 Å². The molecule has 0 saturated carbocycles. The smallest absolute Gasteiger partial charge is 0.349 e. The zero-order valence-electron chi connectivity index (χ0n) is 14.5. The van der Waals surface area contributed by atoms with E-state index >= 15 is 0 Å². The highest BCUT2D eigenvalue weighted by molar-refractivity contribution is 5.99. The van der Waals surface area contributed by atoms with E-state index in [1.54, 1.807) is 0 Å². The van der Waals surface area contributed by atoms with Crippen molar-refractivity contribution < 1.29 is 19.1 Å². The first-order valence-electron chi connectivity index (χ1n) is 7.99. The molecule has 1 saturated heterocycles. The fourth-order valence-corrected chi connectivity index (χ4v) is 2.69. The van der Waals surface area contributed by atoms with Crippen molar-refractivity contribution in [3.05, 3.63) is 28.6 Å². The predicted molar refractivity (Wildman–Crippen MR) is 87.8 cm³/mol. The predicted octanol–water partition coefficient (Wildman–Crippen LogP) is 2.53. The van der Waals surface area contributed by atoms with E-state index in [1.807, 2.05) is 26.0 Å². The molecular formula is C18H22N2O4. The number of nitrogens with zero attached hydrogens (tertiary/aromatic N) is 2. The highest BCUT2D eigenvalue weighted by Crippen LogP contribution is 2.21. The molecule has 0 amide bonds. The van der Waals surface area contributed by atoms with Crippen LogP contribution in [-0.2, 0) is 25.6 Å². The SMILES string of the molecule is Cc1cc(/C=C(\C#N)C(=O)O[C@H]2CCOC2=O)c(C)n1CC(C)C. The van der Waals surface area contributed by atoms with Crippen molar-refractivity contribution in [3.8, 4) is 6.07 Å². The quantitative estimate of drug-likeness (QED) is 0.471. The zero-order chi connectivity index (χ0) is 17.9. The third kappa shape index (κ3) is 3.85. The van der Waals surface area contributed by atoms with Crippen LogP contribution in [0.15, 0.2) is 11.6 Å². The van der Waals surface area contributed by atoms with Crippen molar-refractivity contribution in [2.75, 3.05) is 6.61 Å². The summed E-state index contributed by atoms with van der Waals surface area (Å²) in [6.45, 7) is 9.31. The fourth-order valence-electron chi connectivity index (χ4n) is 2.69. The summed E-state index contributed by atoms with van der Waals surface area (Å²) < 4.78 is 12.0. The van der Waals surface area contributed by atoms with Gasteiger partial charge in [-0.05, 0) is 37.5 Å². The lowest BCUT2D eigenvalue weighted by atomic mass is 10.1. The van der Waals surface area contributed by atoms with Gasteiger partial charge in [-0.15, -0.1) is 0 Å². The minimum Gasteiger partial charge on any atom is -0.463 e. The summed E-state index contributed by atoms with van der Waals surface area (Å²) in [5, 5.41) is 9.27. The lowest BCUT2D eigenvalue weighted by Gasteiger charge is -2.12. The van der Waals surface area contributed by atoms with Crippen LogP contribution >= 0.6 is 0 Å². The molecule has 2 rings (SSSR count). The van der Waals surface area contributed by atoms with Crippen LogP contribution in [0.4, 0.5) is 0 Å². The maximum atomic E-state index is 12.1. The van der Waals surface area contributed by atoms with Gasteiger partial charge in [0.05, 0.1) is 6.61 Å². The van der Waals surface area contributed by atoms with Gasteiger partial charge in [0.1, 0.15) is 11.6 Å². The first-order valence-corrected chi connectivity index (χ1v) is 7.99. The molecule has 1 aromatic rings. The molecule has 0 aliphatic carbocycles. The number of aromatic nitrogens is 1. The number of nitriles is 1. The molecular weight excluding hydrogens is 308 g/mol. The molecule has 0 unspecified atom stereocenters. The second-order valence-electron chi connectivity index (χ2n) is 6.35. The largest absolute Gasteiger partial charge is 0.463 e. The van der Waals surface area contributed by atoms with Crippen molar-refractivity contribution in [1.29, 1.82) is 5.26 Å². The van der Waals surface area contributed by atoms with E-state index in [2.05, 4.69) is 18.4 Å². The molecule has 2 heterocycles. The number of carbonyl (C=O) groups is 2. The molecule has 0 radical (unpaired) electrons. The Kier molecular flexibility index (Phi) is 5.45. The van der Waals surface area contributed by atoms with Crippen LogP contribution in [0.2, 0.25) is 0 Å². The average molecular weight is 330 g/mol. The number of ether oxygens (including phenoxy) is 2. The Morgan fingerprint density at radius 2 is 2.25 bits per heavy atom. The second-order valence-corrected chi connectivity index (χ2v) is 6.35. The van der Waals surface area contributed by atoms with Gasteiger partial charge in [0.2, 0.25) is 6.10 Å². The summed E-state index contributed by atoms with van der Waals surface area (Å²) >= 11 is 0. The van der Waals surface area contributed by atoms with Crippen LogP contribution in [0.5, 0.6) is 0 Å². The van der Waals surface area contributed by atoms with E-state index in [4.69, 9.17) is 9.47 Å². The van der Waals surface area contributed by atoms with Gasteiger partial charge in [0, 0.05) is 24.4 Å². The third-order valence-corrected chi connectivity index (χ3v) is 3.94. The van der Waals surface area contributed by atoms with Gasteiger partial charge in [-0.25, -0.2) is 9.59 Å². The minimum absolute atomic E-state index is 0.125. The Balaban J connectivity index is 2.22. The van der Waals surface area contributed by atoms with Gasteiger partial charge in [-0.2, -0.15) is 5.26 Å². The van der Waals surface area contributed by atoms with Crippen molar-refractivity contribution in [2.45, 2.75) is 46.8 Å². The Morgan fingerprint density at radius 1 is 1.54 bits per heavy atom. The number of hydrogen-bond acceptors (Lipinski definition) is 5. The maximum absolute atomic E-state index is 12.1. The Labute approximate surface area is 141 Å². The first-order chi connectivity index (χ1) is 11.3. The molecule has 24 heavy (non-hydrogen) atoms. The van der Waals surface area contributed by atoms with E-state index in [1.165, 1.54) is 6.08 Å². The molecule has 0 spiro atoms. The average Bonchev–Trinajstić information content (AvgIpc) is 3.02. The Hall–Kier alpha value is -2.55. The second kappa shape index (κ2) is 7.35. The topological polar surface area (TPSA) is 81.3 Å². The van der Waals surface area contributed by atoms with Crippen molar-refractivity contribution in [2.24, 2.45) is 5.92 Å². The highest BCUT2D eigenvalue weighted by Gasteiger charge is 2.31. The monoisotopic (exact) mass is 330 g/mol. The number of esters is 2. The normalized spacial score (nSPS) is 17.8. The summed E-state index contributed by atoms with van der Waals surface area (Å²) in [5.41, 5.74) is 2.73. The van der Waals surface area contributed by atoms with Gasteiger partial charge in [0.15, 0.2) is 0 Å². The molecule has 6 nitrogen and oxygen atoms in total. The van der Waals surface area contributed by atoms with Crippen molar-refractivity contribution in [1.82, 2.24) is 4.57 Å². The summed E-state index contributed by atoms with van der Waals surface area (Å²) in [6, 6.07) is 3.80. The lowest BCUT2D eigenvalue weighted by molar-refractivity contribution is -0.157. The van der Waals surface area contributed by atoms with Crippen LogP contribution < -0.4 is 0 Å². The van der Waals surface area contributed by atoms with Crippen LogP contribution in [0.25, 0.3) is 6.08 Å². The van der Waals surface area contributed by atoms with E-state index in [0.29, 0.717) is 12.3 Å². The van der Waals surface area contributed by atoms with Crippen molar-refractivity contribution in [3.63, 3.8) is 0 Å². The lowest BCUT2D eigenvalue weighted by Crippen LogP contribution is -2.23. The summed E-state index contributed by atoms with van der Waals surface area (Å²) in [7, 11) is 0. The minimum atomic E-state index is -0.914. The van der Waals surface area contributed by atoms with Gasteiger partial charge < -0.3 is 14.0 Å². The van der Waals surface area contributed by atoms with Crippen LogP contribution in [0.3, 0.4) is 0 Å². The number of aryl methyl sites for hydroxylation is 1. The summed E-state index contributed by atoms with van der Waals surface area (Å²) in [4.78, 5) is 23.5. The molecule has 0 N–H and O–H groups in total. The van der Waals surface area contributed by atoms with Gasteiger partial charge in [-0.3, -0.25) is 0 Å². The first kappa shape index (κ1) is 17.8. The summed E-state index contributed by atoms with van der Waals surface area (Å²) in [5.74, 6) is -0.869. The Morgan fingerprint density at radius 3 is 2.79 bits per heavy atom. The molecule has 1 atom stereocenters. The van der Waals surface area contributed by atoms with Crippen LogP contribution in [0.1, 0.15) is 37.2 Å². The molecule has 0 aromatic carbocycles. The van der Waals surface area contributed by atoms with Gasteiger partial charge in [-0.1, -0.05) is 13.8 Å². The van der Waals surface area contributed by atoms with E-state index in [-0.39, 0.29) is 12.2 Å². The maximum Gasteiger partial charge on any atom is 0.349 e. The number of cyclic esters (lactones) is 1. The molecule has 0 bridgehead atoms. The molecule has 1 aliphatic rings. The zero-order valence-corrected chi connectivity index (χ0v) is 14.5. The number of carbonyl (C=O) groups excluding carboxylic acids is 2. The summed E-state index contributed by atoms with van der Waals surface area (Å²) in [6.07, 6.45) is 0.927. The third-order valence-electron chi connectivity index (χ3n) is 3.94. The molecule has 1 fully saturated rings. The van der Waals surface area contributed by atoms with Crippen molar-refractivity contribution >= 4 is 18.0 Å². The van der Waals surface area contributed by atoms with Crippen LogP contribution in [0, 0.1) is 31.1 Å². The number of rotatable bonds is 5. The van der Waals surface area contributed by atoms with Crippen LogP contribution in [-0.4, -0.2) is 29.2 Å². The number of hydrogen-bond donors (Lipinski definition) is 0. The standard InChI is InChI=1S/C18H22N2O4/c1-11(2)10-20-12(3)7-14(13(20)4)8-15(9-19)17(21)24-16-5-6-23-18(16)22/h7-8,11,16H,5-6,10H2,1-4H3/b15-8+/t16-/m0/s1. The molecule has 1 aromatic heterocycles. The van der Waals surface area contributed by atoms with E-state index in [0.717, 1.165) is 23.5 Å². The molecule has 6 heteroatoms. The van der Waals surface area contributed by atoms with E-state index in [9.17, 15) is 14.9 Å². The molecule has 128 valence electrons. The fraction of sp³-hybridized carbons (Fsp3) is 0.500. The molecule has 1 aliphatic heterocycles.